The summed E-state index contributed by atoms with van der Waals surface area (Å²) in [4.78, 5) is 12.0. The lowest BCUT2D eigenvalue weighted by atomic mass is 10.0. The van der Waals surface area contributed by atoms with Crippen LogP contribution in [0.15, 0.2) is 24.3 Å². The van der Waals surface area contributed by atoms with E-state index in [1.54, 1.807) is 24.3 Å². The Morgan fingerprint density at radius 2 is 2.12 bits per heavy atom. The van der Waals surface area contributed by atoms with E-state index in [1.807, 2.05) is 22.6 Å². The second kappa shape index (κ2) is 7.12. The molecule has 0 spiro atoms. The topological polar surface area (TPSA) is 57.5 Å². The summed E-state index contributed by atoms with van der Waals surface area (Å²) in [5.41, 5.74) is 0.952. The number of piperidine rings is 1. The number of fused-ring (bicyclic) bond motifs is 1. The lowest BCUT2D eigenvalue weighted by Crippen LogP contribution is -2.49. The van der Waals surface area contributed by atoms with Gasteiger partial charge in [0.15, 0.2) is 0 Å². The van der Waals surface area contributed by atoms with Crippen molar-refractivity contribution in [3.8, 4) is 0 Å². The van der Waals surface area contributed by atoms with Crippen molar-refractivity contribution in [3.63, 3.8) is 0 Å². The summed E-state index contributed by atoms with van der Waals surface area (Å²) in [6.07, 6.45) is -6.62. The summed E-state index contributed by atoms with van der Waals surface area (Å²) < 4.78 is 54.4. The molecule has 0 saturated carbocycles. The van der Waals surface area contributed by atoms with E-state index in [0.29, 0.717) is 20.3 Å². The first-order valence-electron chi connectivity index (χ1n) is 7.88. The predicted octanol–water partition coefficient (Wildman–Crippen LogP) is 4.31. The maximum Gasteiger partial charge on any atom is 0.407 e. The van der Waals surface area contributed by atoms with Crippen LogP contribution in [0.25, 0.3) is 10.9 Å². The van der Waals surface area contributed by atoms with Crippen LogP contribution in [0.3, 0.4) is 0 Å². The minimum atomic E-state index is -4.34. The van der Waals surface area contributed by atoms with Crippen molar-refractivity contribution in [2.75, 3.05) is 18.4 Å². The number of carboxylic acid groups (broad SMARTS) is 1. The Morgan fingerprint density at radius 1 is 1.38 bits per heavy atom. The Hall–Kier alpha value is -1.72. The number of nitrogens with zero attached hydrogens (tertiary/aromatic N) is 2. The molecule has 1 amide bonds. The van der Waals surface area contributed by atoms with Crippen molar-refractivity contribution in [2.45, 2.75) is 31.4 Å². The average molecular weight is 485 g/mol. The number of halogens is 5. The second-order valence-corrected chi connectivity index (χ2v) is 7.30. The lowest BCUT2D eigenvalue weighted by Gasteiger charge is -2.34. The fourth-order valence-electron chi connectivity index (χ4n) is 3.16. The molecule has 1 aliphatic heterocycles. The largest absolute Gasteiger partial charge is 0.465 e. The predicted molar refractivity (Wildman–Crippen MR) is 97.2 cm³/mol. The van der Waals surface area contributed by atoms with Crippen LogP contribution >= 0.6 is 22.6 Å². The summed E-state index contributed by atoms with van der Waals surface area (Å²) in [6.45, 7) is -1.12. The molecule has 2 unspecified atom stereocenters. The number of hydrogen-bond donors (Lipinski definition) is 2. The van der Waals surface area contributed by atoms with E-state index in [0.717, 1.165) is 4.90 Å². The van der Waals surface area contributed by atoms with Crippen molar-refractivity contribution >= 4 is 45.3 Å². The Labute approximate surface area is 160 Å². The van der Waals surface area contributed by atoms with Gasteiger partial charge in [0.2, 0.25) is 0 Å². The zero-order valence-corrected chi connectivity index (χ0v) is 15.6. The first-order valence-corrected chi connectivity index (χ1v) is 8.96. The Bertz CT molecular complexity index is 824. The van der Waals surface area contributed by atoms with Gasteiger partial charge in [0, 0.05) is 17.6 Å². The summed E-state index contributed by atoms with van der Waals surface area (Å²) in [6, 6.07) is 5.93. The van der Waals surface area contributed by atoms with Gasteiger partial charge < -0.3 is 19.9 Å². The maximum absolute atomic E-state index is 14.3. The monoisotopic (exact) mass is 485 g/mol. The number of hydrogen-bond acceptors (Lipinski definition) is 2. The molecule has 142 valence electrons. The fraction of sp³-hybridized carbons (Fsp3) is 0.438. The number of rotatable bonds is 3. The van der Waals surface area contributed by atoms with Gasteiger partial charge in [-0.3, -0.25) is 0 Å². The number of aromatic nitrogens is 1. The minimum absolute atomic E-state index is 0.204. The van der Waals surface area contributed by atoms with Gasteiger partial charge >= 0.3 is 12.3 Å². The van der Waals surface area contributed by atoms with E-state index in [1.165, 1.54) is 4.57 Å². The van der Waals surface area contributed by atoms with Crippen LogP contribution in [0.5, 0.6) is 0 Å². The van der Waals surface area contributed by atoms with Gasteiger partial charge in [-0.1, -0.05) is 6.07 Å². The van der Waals surface area contributed by atoms with E-state index in [-0.39, 0.29) is 19.5 Å². The van der Waals surface area contributed by atoms with Crippen molar-refractivity contribution < 1.29 is 27.5 Å². The van der Waals surface area contributed by atoms with Crippen LogP contribution < -0.4 is 5.32 Å². The number of anilines is 1. The van der Waals surface area contributed by atoms with Gasteiger partial charge in [-0.15, -0.1) is 0 Å². The van der Waals surface area contributed by atoms with Gasteiger partial charge in [0.25, 0.3) is 0 Å². The zero-order chi connectivity index (χ0) is 19.1. The molecular formula is C16H16F4IN3O2. The number of alkyl halides is 4. The smallest absolute Gasteiger partial charge is 0.407 e. The molecule has 2 N–H and O–H groups in total. The SMILES string of the molecule is O=C(O)N1CCC(Nc2cccc3c2cc(I)n3CC(F)(F)F)C(F)C1. The standard InChI is InChI=1S/C16H16F4IN3O2/c17-10-7-23(15(25)26)5-4-12(10)22-11-2-1-3-13-9(11)6-14(21)24(13)8-16(18,19)20/h1-3,6,10,12,22H,4-5,7-8H2,(H,25,26). The first-order chi connectivity index (χ1) is 12.2. The van der Waals surface area contributed by atoms with Crippen LogP contribution in [0.4, 0.5) is 28.0 Å². The highest BCUT2D eigenvalue weighted by atomic mass is 127. The average Bonchev–Trinajstić information content (AvgIpc) is 2.85. The normalized spacial score (nSPS) is 21.2. The molecule has 0 aliphatic carbocycles. The van der Waals surface area contributed by atoms with Crippen LogP contribution in [-0.2, 0) is 6.54 Å². The Morgan fingerprint density at radius 3 is 2.73 bits per heavy atom. The zero-order valence-electron chi connectivity index (χ0n) is 13.4. The molecule has 1 aromatic carbocycles. The minimum Gasteiger partial charge on any atom is -0.465 e. The van der Waals surface area contributed by atoms with Crippen molar-refractivity contribution in [2.24, 2.45) is 0 Å². The third-order valence-corrected chi connectivity index (χ3v) is 5.28. The molecule has 26 heavy (non-hydrogen) atoms. The molecule has 3 rings (SSSR count). The molecule has 1 saturated heterocycles. The molecule has 0 radical (unpaired) electrons. The highest BCUT2D eigenvalue weighted by molar-refractivity contribution is 14.1. The molecule has 1 fully saturated rings. The molecule has 0 bridgehead atoms. The van der Waals surface area contributed by atoms with E-state index in [2.05, 4.69) is 5.32 Å². The summed E-state index contributed by atoms with van der Waals surface area (Å²) in [5, 5.41) is 12.6. The van der Waals surface area contributed by atoms with Gasteiger partial charge in [-0.05, 0) is 47.2 Å². The molecule has 2 heterocycles. The quantitative estimate of drug-likeness (QED) is 0.504. The van der Waals surface area contributed by atoms with Gasteiger partial charge in [-0.2, -0.15) is 13.2 Å². The molecule has 2 atom stereocenters. The van der Waals surface area contributed by atoms with Crippen LogP contribution in [0.1, 0.15) is 6.42 Å². The van der Waals surface area contributed by atoms with E-state index < -0.39 is 31.0 Å². The van der Waals surface area contributed by atoms with Gasteiger partial charge in [0.1, 0.15) is 12.7 Å². The lowest BCUT2D eigenvalue weighted by molar-refractivity contribution is -0.140. The number of amides is 1. The Kier molecular flexibility index (Phi) is 5.22. The molecule has 2 aromatic rings. The van der Waals surface area contributed by atoms with E-state index in [9.17, 15) is 22.4 Å². The molecule has 1 aliphatic rings. The highest BCUT2D eigenvalue weighted by Crippen LogP contribution is 2.32. The third-order valence-electron chi connectivity index (χ3n) is 4.39. The van der Waals surface area contributed by atoms with Crippen molar-refractivity contribution in [1.82, 2.24) is 9.47 Å². The third kappa shape index (κ3) is 3.99. The highest BCUT2D eigenvalue weighted by Gasteiger charge is 2.32. The van der Waals surface area contributed by atoms with Gasteiger partial charge in [0.05, 0.1) is 21.8 Å². The number of carbonyl (C=O) groups is 1. The summed E-state index contributed by atoms with van der Waals surface area (Å²) >= 11 is 1.84. The number of benzene rings is 1. The van der Waals surface area contributed by atoms with Crippen LogP contribution in [-0.4, -0.2) is 52.1 Å². The van der Waals surface area contributed by atoms with Gasteiger partial charge in [-0.25, -0.2) is 9.18 Å². The molecule has 5 nitrogen and oxygen atoms in total. The summed E-state index contributed by atoms with van der Waals surface area (Å²) in [5.74, 6) is 0. The maximum atomic E-state index is 14.3. The number of likely N-dealkylation sites (tertiary alicyclic amines) is 1. The molecule has 10 heteroatoms. The molecular weight excluding hydrogens is 469 g/mol. The first kappa shape index (κ1) is 19.1. The van der Waals surface area contributed by atoms with Crippen molar-refractivity contribution in [3.05, 3.63) is 28.0 Å². The number of nitrogens with one attached hydrogen (secondary N) is 1. The van der Waals surface area contributed by atoms with Crippen LogP contribution in [0.2, 0.25) is 0 Å². The van der Waals surface area contributed by atoms with Crippen molar-refractivity contribution in [1.29, 1.82) is 0 Å². The summed E-state index contributed by atoms with van der Waals surface area (Å²) in [7, 11) is 0. The second-order valence-electron chi connectivity index (χ2n) is 6.19. The van der Waals surface area contributed by atoms with E-state index >= 15 is 0 Å². The fourth-order valence-corrected chi connectivity index (χ4v) is 3.90. The van der Waals surface area contributed by atoms with E-state index in [4.69, 9.17) is 5.11 Å². The van der Waals surface area contributed by atoms with Crippen LogP contribution in [0, 0.1) is 3.70 Å². The Balaban J connectivity index is 1.85. The molecule has 1 aromatic heterocycles.